The molecule has 7 heteroatoms. The predicted molar refractivity (Wildman–Crippen MR) is 88.5 cm³/mol. The van der Waals surface area contributed by atoms with E-state index >= 15 is 0 Å². The van der Waals surface area contributed by atoms with Crippen LogP contribution in [0.1, 0.15) is 12.5 Å². The lowest BCUT2D eigenvalue weighted by Gasteiger charge is -2.10. The van der Waals surface area contributed by atoms with Crippen LogP contribution in [0.4, 0.5) is 0 Å². The maximum absolute atomic E-state index is 12.1. The van der Waals surface area contributed by atoms with Gasteiger partial charge >= 0.3 is 0 Å². The Kier molecular flexibility index (Phi) is 5.80. The molecule has 0 spiro atoms. The van der Waals surface area contributed by atoms with Crippen LogP contribution in [0, 0.1) is 0 Å². The van der Waals surface area contributed by atoms with Gasteiger partial charge in [0.2, 0.25) is 10.0 Å². The molecular formula is C14H16BrNO3S2. The highest BCUT2D eigenvalue weighted by molar-refractivity contribution is 9.11. The van der Waals surface area contributed by atoms with Crippen molar-refractivity contribution < 1.29 is 13.2 Å². The van der Waals surface area contributed by atoms with Gasteiger partial charge in [-0.1, -0.05) is 18.2 Å². The van der Waals surface area contributed by atoms with Gasteiger partial charge in [0, 0.05) is 6.54 Å². The highest BCUT2D eigenvalue weighted by Gasteiger charge is 2.16. The lowest BCUT2D eigenvalue weighted by Crippen LogP contribution is -2.25. The van der Waals surface area contributed by atoms with E-state index in [1.807, 2.05) is 31.2 Å². The molecule has 0 amide bonds. The molecule has 4 nitrogen and oxygen atoms in total. The normalized spacial score (nSPS) is 11.5. The summed E-state index contributed by atoms with van der Waals surface area (Å²) < 4.78 is 33.4. The number of sulfonamides is 1. The van der Waals surface area contributed by atoms with Crippen LogP contribution >= 0.6 is 27.3 Å². The van der Waals surface area contributed by atoms with E-state index < -0.39 is 10.0 Å². The number of ether oxygens (including phenoxy) is 1. The maximum Gasteiger partial charge on any atom is 0.250 e. The van der Waals surface area contributed by atoms with Crippen molar-refractivity contribution in [3.05, 3.63) is 45.7 Å². The summed E-state index contributed by atoms with van der Waals surface area (Å²) in [6.45, 7) is 2.85. The molecule has 0 bridgehead atoms. The molecule has 0 saturated carbocycles. The van der Waals surface area contributed by atoms with Crippen molar-refractivity contribution in [1.82, 2.24) is 4.72 Å². The van der Waals surface area contributed by atoms with E-state index in [0.717, 1.165) is 15.1 Å². The van der Waals surface area contributed by atoms with Crippen LogP contribution in [0.5, 0.6) is 5.75 Å². The minimum absolute atomic E-state index is 0.312. The lowest BCUT2D eigenvalue weighted by atomic mass is 10.1. The number of nitrogens with one attached hydrogen (secondary N) is 1. The minimum Gasteiger partial charge on any atom is -0.494 e. The van der Waals surface area contributed by atoms with Crippen molar-refractivity contribution in [3.8, 4) is 5.75 Å². The van der Waals surface area contributed by atoms with E-state index in [1.54, 1.807) is 12.1 Å². The van der Waals surface area contributed by atoms with E-state index in [9.17, 15) is 8.42 Å². The zero-order valence-electron chi connectivity index (χ0n) is 11.5. The molecular weight excluding hydrogens is 374 g/mol. The summed E-state index contributed by atoms with van der Waals surface area (Å²) in [5.41, 5.74) is 0.995. The first-order chi connectivity index (χ1) is 10.0. The summed E-state index contributed by atoms with van der Waals surface area (Å²) in [6, 6.07) is 11.0. The van der Waals surface area contributed by atoms with E-state index in [2.05, 4.69) is 20.7 Å². The minimum atomic E-state index is -3.44. The van der Waals surface area contributed by atoms with Gasteiger partial charge in [0.1, 0.15) is 9.96 Å². The van der Waals surface area contributed by atoms with E-state index in [0.29, 0.717) is 23.8 Å². The van der Waals surface area contributed by atoms with Crippen molar-refractivity contribution in [1.29, 1.82) is 0 Å². The smallest absolute Gasteiger partial charge is 0.250 e. The third kappa shape index (κ3) is 4.54. The molecule has 1 aromatic carbocycles. The summed E-state index contributed by atoms with van der Waals surface area (Å²) in [6.07, 6.45) is 0.585. The van der Waals surface area contributed by atoms with Gasteiger partial charge in [-0.25, -0.2) is 13.1 Å². The molecule has 1 heterocycles. The summed E-state index contributed by atoms with van der Waals surface area (Å²) >= 11 is 4.46. The topological polar surface area (TPSA) is 55.4 Å². The summed E-state index contributed by atoms with van der Waals surface area (Å²) in [4.78, 5) is 0. The van der Waals surface area contributed by atoms with Crippen molar-refractivity contribution >= 4 is 37.3 Å². The highest BCUT2D eigenvalue weighted by atomic mass is 79.9. The first-order valence-electron chi connectivity index (χ1n) is 6.48. The van der Waals surface area contributed by atoms with E-state index in [-0.39, 0.29) is 0 Å². The molecule has 21 heavy (non-hydrogen) atoms. The first-order valence-corrected chi connectivity index (χ1v) is 9.58. The van der Waals surface area contributed by atoms with Crippen molar-refractivity contribution in [2.75, 3.05) is 13.2 Å². The van der Waals surface area contributed by atoms with Gasteiger partial charge in [-0.3, -0.25) is 0 Å². The SMILES string of the molecule is CCOc1ccccc1CCNS(=O)(=O)c1ccc(Br)s1. The molecule has 0 aliphatic heterocycles. The highest BCUT2D eigenvalue weighted by Crippen LogP contribution is 2.26. The van der Waals surface area contributed by atoms with Gasteiger partial charge < -0.3 is 4.74 Å². The second-order valence-corrected chi connectivity index (χ2v) is 8.70. The maximum atomic E-state index is 12.1. The molecule has 0 unspecified atom stereocenters. The van der Waals surface area contributed by atoms with Crippen molar-refractivity contribution in [2.45, 2.75) is 17.6 Å². The Labute approximate surface area is 137 Å². The number of hydrogen-bond donors (Lipinski definition) is 1. The molecule has 2 rings (SSSR count). The average Bonchev–Trinajstić information content (AvgIpc) is 2.88. The van der Waals surface area contributed by atoms with Crippen LogP contribution in [0.2, 0.25) is 0 Å². The largest absolute Gasteiger partial charge is 0.494 e. The van der Waals surface area contributed by atoms with Crippen LogP contribution in [0.3, 0.4) is 0 Å². The molecule has 0 fully saturated rings. The molecule has 114 valence electrons. The fourth-order valence-corrected chi connectivity index (χ4v) is 4.93. The monoisotopic (exact) mass is 389 g/mol. The summed E-state index contributed by atoms with van der Waals surface area (Å²) in [7, 11) is -3.44. The fraction of sp³-hybridized carbons (Fsp3) is 0.286. The Morgan fingerprint density at radius 2 is 2.00 bits per heavy atom. The Morgan fingerprint density at radius 1 is 1.24 bits per heavy atom. The molecule has 1 aromatic heterocycles. The number of halogens is 1. The van der Waals surface area contributed by atoms with Crippen LogP contribution < -0.4 is 9.46 Å². The Morgan fingerprint density at radius 3 is 2.67 bits per heavy atom. The standard InChI is InChI=1S/C14H16BrNO3S2/c1-2-19-12-6-4-3-5-11(12)9-10-16-21(17,18)14-8-7-13(15)20-14/h3-8,16H,2,9-10H2,1H3. The van der Waals surface area contributed by atoms with Gasteiger partial charge in [-0.05, 0) is 53.0 Å². The lowest BCUT2D eigenvalue weighted by molar-refractivity contribution is 0.336. The average molecular weight is 390 g/mol. The molecule has 0 aliphatic rings. The fourth-order valence-electron chi connectivity index (χ4n) is 1.84. The third-order valence-corrected chi connectivity index (χ3v) is 6.35. The van der Waals surface area contributed by atoms with Gasteiger partial charge in [0.05, 0.1) is 10.4 Å². The van der Waals surface area contributed by atoms with Crippen LogP contribution in [0.25, 0.3) is 0 Å². The Bertz CT molecular complexity index is 698. The van der Waals surface area contributed by atoms with Crippen molar-refractivity contribution in [2.24, 2.45) is 0 Å². The summed E-state index contributed by atoms with van der Waals surface area (Å²) in [5, 5.41) is 0. The van der Waals surface area contributed by atoms with Gasteiger partial charge in [-0.2, -0.15) is 0 Å². The van der Waals surface area contributed by atoms with Crippen molar-refractivity contribution in [3.63, 3.8) is 0 Å². The second kappa shape index (κ2) is 7.40. The number of benzene rings is 1. The van der Waals surface area contributed by atoms with Gasteiger partial charge in [-0.15, -0.1) is 11.3 Å². The number of hydrogen-bond acceptors (Lipinski definition) is 4. The molecule has 0 saturated heterocycles. The number of para-hydroxylation sites is 1. The zero-order valence-corrected chi connectivity index (χ0v) is 14.7. The Balaban J connectivity index is 1.98. The quantitative estimate of drug-likeness (QED) is 0.788. The third-order valence-electron chi connectivity index (χ3n) is 2.77. The zero-order chi connectivity index (χ0) is 15.3. The van der Waals surface area contributed by atoms with Crippen LogP contribution in [0.15, 0.2) is 44.4 Å². The first kappa shape index (κ1) is 16.5. The molecule has 1 N–H and O–H groups in total. The molecule has 0 aliphatic carbocycles. The van der Waals surface area contributed by atoms with E-state index in [4.69, 9.17) is 4.74 Å². The Hall–Kier alpha value is -0.890. The predicted octanol–water partition coefficient (Wildman–Crippen LogP) is 3.43. The molecule has 2 aromatic rings. The second-order valence-electron chi connectivity index (χ2n) is 4.25. The molecule has 0 atom stereocenters. The van der Waals surface area contributed by atoms with Crippen LogP contribution in [-0.4, -0.2) is 21.6 Å². The van der Waals surface area contributed by atoms with Crippen LogP contribution in [-0.2, 0) is 16.4 Å². The summed E-state index contributed by atoms with van der Waals surface area (Å²) in [5.74, 6) is 0.804. The molecule has 0 radical (unpaired) electrons. The van der Waals surface area contributed by atoms with Gasteiger partial charge in [0.15, 0.2) is 0 Å². The number of thiophene rings is 1. The van der Waals surface area contributed by atoms with E-state index in [1.165, 1.54) is 11.3 Å². The number of rotatable bonds is 7. The van der Waals surface area contributed by atoms with Gasteiger partial charge in [0.25, 0.3) is 0 Å².